The summed E-state index contributed by atoms with van der Waals surface area (Å²) in [6.45, 7) is 4.25. The molecule has 0 bridgehead atoms. The van der Waals surface area contributed by atoms with Crippen LogP contribution in [0, 0.1) is 0 Å². The van der Waals surface area contributed by atoms with Crippen LogP contribution in [0.4, 0.5) is 0 Å². The van der Waals surface area contributed by atoms with Gasteiger partial charge in [-0.3, -0.25) is 0 Å². The van der Waals surface area contributed by atoms with Crippen molar-refractivity contribution in [3.63, 3.8) is 0 Å². The minimum atomic E-state index is -1.14. The van der Waals surface area contributed by atoms with Crippen LogP contribution >= 0.6 is 0 Å². The molecule has 0 aromatic heterocycles. The molecule has 0 saturated carbocycles. The van der Waals surface area contributed by atoms with Gasteiger partial charge in [-0.1, -0.05) is 32.0 Å². The maximum atomic E-state index is 12.5. The fourth-order valence-electron chi connectivity index (χ4n) is 2.04. The zero-order valence-electron chi connectivity index (χ0n) is 10.3. The maximum absolute atomic E-state index is 12.5. The number of hydrogen-bond donors (Lipinski definition) is 0. The number of hydrogen-bond acceptors (Lipinski definition) is 2. The van der Waals surface area contributed by atoms with Crippen LogP contribution in [-0.2, 0) is 11.2 Å². The Labute approximate surface area is 110 Å². The van der Waals surface area contributed by atoms with Gasteiger partial charge in [-0.2, -0.15) is 0 Å². The average molecular weight is 258 g/mol. The maximum Gasteiger partial charge on any atom is 0.201 e. The number of ether oxygens (including phenoxy) is 1. The summed E-state index contributed by atoms with van der Waals surface area (Å²) in [5.74, 6) is 1.82. The molecule has 3 heteroatoms. The Bertz CT molecular complexity index is 593. The summed E-state index contributed by atoms with van der Waals surface area (Å²) in [6, 6.07) is 13.4. The van der Waals surface area contributed by atoms with Crippen LogP contribution in [0.3, 0.4) is 0 Å². The zero-order valence-corrected chi connectivity index (χ0v) is 11.2. The normalized spacial score (nSPS) is 17.0. The molecule has 2 aromatic rings. The van der Waals surface area contributed by atoms with E-state index in [9.17, 15) is 4.55 Å². The Morgan fingerprint density at radius 3 is 2.50 bits per heavy atom. The lowest BCUT2D eigenvalue weighted by atomic mass is 10.0. The lowest BCUT2D eigenvalue weighted by Gasteiger charge is -2.22. The molecule has 2 nitrogen and oxygen atoms in total. The quantitative estimate of drug-likeness (QED) is 0.722. The van der Waals surface area contributed by atoms with Gasteiger partial charge in [0.05, 0.1) is 0 Å². The molecule has 0 fully saturated rings. The van der Waals surface area contributed by atoms with Crippen LogP contribution in [0.25, 0.3) is 0 Å². The highest BCUT2D eigenvalue weighted by Crippen LogP contribution is 2.43. The smallest absolute Gasteiger partial charge is 0.201 e. The molecule has 0 spiro atoms. The lowest BCUT2D eigenvalue weighted by molar-refractivity contribution is 0.442. The molecule has 0 aliphatic carbocycles. The zero-order chi connectivity index (χ0) is 12.7. The highest BCUT2D eigenvalue weighted by molar-refractivity contribution is 7.91. The Hall–Kier alpha value is -1.45. The summed E-state index contributed by atoms with van der Waals surface area (Å²) in [5.41, 5.74) is 1.19. The first-order chi connectivity index (χ1) is 8.66. The van der Waals surface area contributed by atoms with E-state index in [1.165, 1.54) is 5.56 Å². The Morgan fingerprint density at radius 1 is 1.00 bits per heavy atom. The predicted molar refractivity (Wildman–Crippen MR) is 71.7 cm³/mol. The van der Waals surface area contributed by atoms with Crippen molar-refractivity contribution in [1.29, 1.82) is 0 Å². The van der Waals surface area contributed by atoms with Crippen LogP contribution in [-0.4, -0.2) is 4.55 Å². The number of fused-ring (bicyclic) bond motifs is 2. The lowest BCUT2D eigenvalue weighted by Crippen LogP contribution is -2.11. The van der Waals surface area contributed by atoms with Gasteiger partial charge in [0.25, 0.3) is 0 Å². The molecule has 1 unspecified atom stereocenters. The molecule has 1 heterocycles. The summed E-state index contributed by atoms with van der Waals surface area (Å²) in [5, 5.41) is 0. The predicted octanol–water partition coefficient (Wildman–Crippen LogP) is 4.08. The second-order valence-corrected chi connectivity index (χ2v) is 6.10. The Kier molecular flexibility index (Phi) is 2.80. The minimum Gasteiger partial charge on any atom is -0.606 e. The van der Waals surface area contributed by atoms with Crippen molar-refractivity contribution in [2.75, 3.05) is 0 Å². The molecule has 0 saturated heterocycles. The SMILES string of the molecule is CC(C)c1ccc2c(c1)[S+]([O-])c1ccccc1O2. The highest BCUT2D eigenvalue weighted by Gasteiger charge is 2.30. The number of benzene rings is 2. The highest BCUT2D eigenvalue weighted by atomic mass is 32.2. The van der Waals surface area contributed by atoms with E-state index in [0.717, 1.165) is 9.79 Å². The van der Waals surface area contributed by atoms with Gasteiger partial charge < -0.3 is 9.29 Å². The van der Waals surface area contributed by atoms with E-state index in [1.807, 2.05) is 42.5 Å². The molecule has 1 aliphatic heterocycles. The number of para-hydroxylation sites is 1. The monoisotopic (exact) mass is 258 g/mol. The van der Waals surface area contributed by atoms with E-state index >= 15 is 0 Å². The molecule has 18 heavy (non-hydrogen) atoms. The molecule has 1 aliphatic rings. The minimum absolute atomic E-state index is 0.421. The van der Waals surface area contributed by atoms with Gasteiger partial charge in [-0.05, 0) is 29.7 Å². The van der Waals surface area contributed by atoms with E-state index in [0.29, 0.717) is 17.4 Å². The number of rotatable bonds is 1. The van der Waals surface area contributed by atoms with Gasteiger partial charge in [0.15, 0.2) is 11.5 Å². The van der Waals surface area contributed by atoms with Gasteiger partial charge in [-0.25, -0.2) is 0 Å². The molecule has 3 rings (SSSR count). The standard InChI is InChI=1S/C15H14O2S/c1-10(2)11-7-8-13-15(9-11)18(16)14-6-4-3-5-12(14)17-13/h3-10H,1-2H3. The van der Waals surface area contributed by atoms with Crippen molar-refractivity contribution in [1.82, 2.24) is 0 Å². The summed E-state index contributed by atoms with van der Waals surface area (Å²) in [7, 11) is 0. The summed E-state index contributed by atoms with van der Waals surface area (Å²) < 4.78 is 18.3. The van der Waals surface area contributed by atoms with Crippen molar-refractivity contribution in [3.05, 3.63) is 48.0 Å². The van der Waals surface area contributed by atoms with Crippen LogP contribution in [0.15, 0.2) is 52.3 Å². The van der Waals surface area contributed by atoms with E-state index < -0.39 is 11.2 Å². The van der Waals surface area contributed by atoms with E-state index in [4.69, 9.17) is 4.74 Å². The first-order valence-electron chi connectivity index (χ1n) is 5.99. The fraction of sp³-hybridized carbons (Fsp3) is 0.200. The van der Waals surface area contributed by atoms with E-state index in [1.54, 1.807) is 0 Å². The van der Waals surface area contributed by atoms with Crippen molar-refractivity contribution in [2.24, 2.45) is 0 Å². The van der Waals surface area contributed by atoms with E-state index in [-0.39, 0.29) is 0 Å². The molecular formula is C15H14O2S. The summed E-state index contributed by atoms with van der Waals surface area (Å²) in [6.07, 6.45) is 0. The topological polar surface area (TPSA) is 32.3 Å². The van der Waals surface area contributed by atoms with Crippen molar-refractivity contribution in [2.45, 2.75) is 29.6 Å². The van der Waals surface area contributed by atoms with Crippen LogP contribution in [0.5, 0.6) is 11.5 Å². The van der Waals surface area contributed by atoms with Gasteiger partial charge in [0, 0.05) is 17.2 Å². The van der Waals surface area contributed by atoms with Gasteiger partial charge in [-0.15, -0.1) is 0 Å². The van der Waals surface area contributed by atoms with Gasteiger partial charge in [0.1, 0.15) is 0 Å². The first kappa shape index (κ1) is 11.6. The second kappa shape index (κ2) is 4.34. The summed E-state index contributed by atoms with van der Waals surface area (Å²) >= 11 is -1.14. The molecule has 2 aromatic carbocycles. The van der Waals surface area contributed by atoms with Gasteiger partial charge in [0.2, 0.25) is 9.79 Å². The van der Waals surface area contributed by atoms with Crippen molar-refractivity contribution >= 4 is 11.2 Å². The third-order valence-corrected chi connectivity index (χ3v) is 4.56. The summed E-state index contributed by atoms with van der Waals surface area (Å²) in [4.78, 5) is 1.53. The first-order valence-corrected chi connectivity index (χ1v) is 7.14. The molecular weight excluding hydrogens is 244 g/mol. The molecule has 92 valence electrons. The van der Waals surface area contributed by atoms with Crippen LogP contribution < -0.4 is 4.74 Å². The molecule has 0 N–H and O–H groups in total. The van der Waals surface area contributed by atoms with Crippen LogP contribution in [0.2, 0.25) is 0 Å². The molecule has 0 radical (unpaired) electrons. The van der Waals surface area contributed by atoms with Crippen molar-refractivity contribution < 1.29 is 9.29 Å². The molecule has 1 atom stereocenters. The average Bonchev–Trinajstić information content (AvgIpc) is 2.38. The Morgan fingerprint density at radius 2 is 1.72 bits per heavy atom. The van der Waals surface area contributed by atoms with Crippen molar-refractivity contribution in [3.8, 4) is 11.5 Å². The van der Waals surface area contributed by atoms with Crippen LogP contribution in [0.1, 0.15) is 25.3 Å². The Balaban J connectivity index is 2.11. The largest absolute Gasteiger partial charge is 0.606 e. The van der Waals surface area contributed by atoms with E-state index in [2.05, 4.69) is 13.8 Å². The second-order valence-electron chi connectivity index (χ2n) is 4.68. The third kappa shape index (κ3) is 1.80. The van der Waals surface area contributed by atoms with Gasteiger partial charge >= 0.3 is 0 Å². The third-order valence-electron chi connectivity index (χ3n) is 3.10. The fourth-order valence-corrected chi connectivity index (χ4v) is 3.30. The molecule has 0 amide bonds.